The molecule has 0 saturated carbocycles. The van der Waals surface area contributed by atoms with E-state index in [2.05, 4.69) is 10.5 Å². The van der Waals surface area contributed by atoms with Gasteiger partial charge in [0.15, 0.2) is 5.60 Å². The van der Waals surface area contributed by atoms with Gasteiger partial charge in [-0.15, -0.1) is 0 Å². The number of carbonyl (C=O) groups is 1. The minimum absolute atomic E-state index is 0.0156. The number of non-ortho nitro benzene ring substituents is 1. The molecule has 0 bridgehead atoms. The molecule has 2 N–H and O–H groups in total. The Bertz CT molecular complexity index is 1040. The number of aliphatic hydroxyl groups is 1. The molecule has 0 spiro atoms. The van der Waals surface area contributed by atoms with Crippen LogP contribution in [-0.2, 0) is 10.4 Å². The predicted molar refractivity (Wildman–Crippen MR) is 115 cm³/mol. The molecule has 3 rings (SSSR count). The largest absolute Gasteiger partial charge is 0.372 e. The van der Waals surface area contributed by atoms with E-state index in [1.54, 1.807) is 78.9 Å². The first-order valence-corrected chi connectivity index (χ1v) is 9.10. The zero-order valence-corrected chi connectivity index (χ0v) is 15.9. The molecule has 0 aromatic heterocycles. The summed E-state index contributed by atoms with van der Waals surface area (Å²) in [7, 11) is 0. The fraction of sp³-hybridized carbons (Fsp3) is 0.0435. The van der Waals surface area contributed by atoms with Crippen LogP contribution in [0.15, 0.2) is 96.1 Å². The standard InChI is InChI=1S/C23H19N3O4/c27-22(25-24-16-8-10-18-9-7-15-21(17-18)26(29)30)23(28,19-11-3-1-4-12-19)20-13-5-2-6-14-20/h1-17,28H,(H,25,27). The highest BCUT2D eigenvalue weighted by Gasteiger charge is 2.39. The molecule has 3 aromatic carbocycles. The summed E-state index contributed by atoms with van der Waals surface area (Å²) in [4.78, 5) is 23.2. The number of allylic oxidation sites excluding steroid dienone is 1. The summed E-state index contributed by atoms with van der Waals surface area (Å²) < 4.78 is 0. The van der Waals surface area contributed by atoms with Crippen LogP contribution in [0.1, 0.15) is 16.7 Å². The quantitative estimate of drug-likeness (QED) is 0.358. The number of hydrogen-bond donors (Lipinski definition) is 2. The molecule has 30 heavy (non-hydrogen) atoms. The van der Waals surface area contributed by atoms with Crippen molar-refractivity contribution in [1.29, 1.82) is 0 Å². The van der Waals surface area contributed by atoms with E-state index < -0.39 is 16.4 Å². The van der Waals surface area contributed by atoms with Crippen molar-refractivity contribution >= 4 is 23.9 Å². The Balaban J connectivity index is 1.75. The van der Waals surface area contributed by atoms with Crippen molar-refractivity contribution in [1.82, 2.24) is 5.43 Å². The number of nitrogens with one attached hydrogen (secondary N) is 1. The van der Waals surface area contributed by atoms with E-state index in [0.717, 1.165) is 0 Å². The summed E-state index contributed by atoms with van der Waals surface area (Å²) in [6.45, 7) is 0. The molecule has 3 aromatic rings. The second-order valence-corrected chi connectivity index (χ2v) is 6.37. The van der Waals surface area contributed by atoms with E-state index in [9.17, 15) is 20.0 Å². The van der Waals surface area contributed by atoms with Crippen molar-refractivity contribution in [3.8, 4) is 0 Å². The Labute approximate surface area is 173 Å². The molecule has 7 heteroatoms. The maximum atomic E-state index is 12.8. The Kier molecular flexibility index (Phi) is 6.46. The van der Waals surface area contributed by atoms with Gasteiger partial charge in [-0.1, -0.05) is 78.9 Å². The number of hydrazone groups is 1. The Hall–Kier alpha value is -4.10. The van der Waals surface area contributed by atoms with E-state index in [1.165, 1.54) is 24.4 Å². The Morgan fingerprint density at radius 3 is 2.13 bits per heavy atom. The van der Waals surface area contributed by atoms with Gasteiger partial charge in [-0.2, -0.15) is 5.10 Å². The highest BCUT2D eigenvalue weighted by molar-refractivity contribution is 5.91. The maximum absolute atomic E-state index is 12.8. The van der Waals surface area contributed by atoms with E-state index >= 15 is 0 Å². The summed E-state index contributed by atoms with van der Waals surface area (Å²) in [6.07, 6.45) is 4.47. The van der Waals surface area contributed by atoms with Crippen LogP contribution in [0.4, 0.5) is 5.69 Å². The van der Waals surface area contributed by atoms with Crippen LogP contribution in [0.3, 0.4) is 0 Å². The zero-order valence-electron chi connectivity index (χ0n) is 15.9. The summed E-state index contributed by atoms with van der Waals surface area (Å²) in [5.74, 6) is -0.708. The highest BCUT2D eigenvalue weighted by atomic mass is 16.6. The minimum Gasteiger partial charge on any atom is -0.372 e. The number of amides is 1. The van der Waals surface area contributed by atoms with E-state index in [1.807, 2.05) is 0 Å². The third kappa shape index (κ3) is 4.65. The second kappa shape index (κ2) is 9.40. The number of carbonyl (C=O) groups excluding carboxylic acids is 1. The molecule has 150 valence electrons. The first-order valence-electron chi connectivity index (χ1n) is 9.10. The molecule has 0 aliphatic heterocycles. The zero-order chi connectivity index (χ0) is 21.4. The molecular weight excluding hydrogens is 382 g/mol. The van der Waals surface area contributed by atoms with Crippen molar-refractivity contribution in [3.63, 3.8) is 0 Å². The van der Waals surface area contributed by atoms with E-state index in [4.69, 9.17) is 0 Å². The number of nitrogens with zero attached hydrogens (tertiary/aromatic N) is 2. The number of hydrogen-bond acceptors (Lipinski definition) is 5. The van der Waals surface area contributed by atoms with Gasteiger partial charge in [-0.3, -0.25) is 14.9 Å². The predicted octanol–water partition coefficient (Wildman–Crippen LogP) is 3.65. The number of rotatable bonds is 7. The molecule has 0 heterocycles. The van der Waals surface area contributed by atoms with Crippen molar-refractivity contribution in [2.75, 3.05) is 0 Å². The third-order valence-electron chi connectivity index (χ3n) is 4.41. The van der Waals surface area contributed by atoms with Gasteiger partial charge in [0.1, 0.15) is 0 Å². The van der Waals surface area contributed by atoms with E-state index in [0.29, 0.717) is 16.7 Å². The van der Waals surface area contributed by atoms with Crippen LogP contribution in [0, 0.1) is 10.1 Å². The minimum atomic E-state index is -1.91. The van der Waals surface area contributed by atoms with Gasteiger partial charge in [0.25, 0.3) is 11.6 Å². The van der Waals surface area contributed by atoms with Crippen molar-refractivity contribution in [3.05, 3.63) is 118 Å². The van der Waals surface area contributed by atoms with Gasteiger partial charge in [0, 0.05) is 18.3 Å². The van der Waals surface area contributed by atoms with Crippen molar-refractivity contribution < 1.29 is 14.8 Å². The van der Waals surface area contributed by atoms with Crippen molar-refractivity contribution in [2.45, 2.75) is 5.60 Å². The van der Waals surface area contributed by atoms with E-state index in [-0.39, 0.29) is 5.69 Å². The monoisotopic (exact) mass is 401 g/mol. The lowest BCUT2D eigenvalue weighted by Crippen LogP contribution is -2.43. The maximum Gasteiger partial charge on any atom is 0.281 e. The van der Waals surface area contributed by atoms with Gasteiger partial charge in [0.05, 0.1) is 4.92 Å². The number of nitro benzene ring substituents is 1. The summed E-state index contributed by atoms with van der Waals surface area (Å²) in [5.41, 5.74) is 1.87. The average molecular weight is 401 g/mol. The molecule has 0 fully saturated rings. The van der Waals surface area contributed by atoms with Gasteiger partial charge in [-0.25, -0.2) is 5.43 Å². The fourth-order valence-corrected chi connectivity index (χ4v) is 2.90. The highest BCUT2D eigenvalue weighted by Crippen LogP contribution is 2.29. The van der Waals surface area contributed by atoms with Crippen LogP contribution < -0.4 is 5.43 Å². The topological polar surface area (TPSA) is 105 Å². The molecule has 0 aliphatic rings. The molecule has 0 saturated heterocycles. The molecule has 0 radical (unpaired) electrons. The SMILES string of the molecule is O=C(NN=CC=Cc1cccc([N+](=O)[O-])c1)C(O)(c1ccccc1)c1ccccc1. The lowest BCUT2D eigenvalue weighted by Gasteiger charge is -2.26. The molecular formula is C23H19N3O4. The van der Waals surface area contributed by atoms with Gasteiger partial charge in [0.2, 0.25) is 0 Å². The Morgan fingerprint density at radius 1 is 0.967 bits per heavy atom. The fourth-order valence-electron chi connectivity index (χ4n) is 2.90. The molecule has 0 unspecified atom stereocenters. The summed E-state index contributed by atoms with van der Waals surface area (Å²) in [6, 6.07) is 23.3. The van der Waals surface area contributed by atoms with Gasteiger partial charge in [-0.05, 0) is 22.8 Å². The lowest BCUT2D eigenvalue weighted by molar-refractivity contribution is -0.384. The van der Waals surface area contributed by atoms with Crippen LogP contribution in [0.2, 0.25) is 0 Å². The van der Waals surface area contributed by atoms with Crippen molar-refractivity contribution in [2.24, 2.45) is 5.10 Å². The van der Waals surface area contributed by atoms with Gasteiger partial charge < -0.3 is 5.11 Å². The molecule has 7 nitrogen and oxygen atoms in total. The first-order chi connectivity index (χ1) is 14.5. The smallest absolute Gasteiger partial charge is 0.281 e. The first kappa shape index (κ1) is 20.6. The average Bonchev–Trinajstić information content (AvgIpc) is 2.79. The molecule has 0 aliphatic carbocycles. The molecule has 0 atom stereocenters. The molecule has 1 amide bonds. The number of benzene rings is 3. The van der Waals surface area contributed by atoms with Crippen LogP contribution >= 0.6 is 0 Å². The Morgan fingerprint density at radius 2 is 1.57 bits per heavy atom. The summed E-state index contributed by atoms with van der Waals surface area (Å²) >= 11 is 0. The number of nitro groups is 1. The summed E-state index contributed by atoms with van der Waals surface area (Å²) in [5, 5.41) is 25.9. The van der Waals surface area contributed by atoms with Crippen LogP contribution in [0.5, 0.6) is 0 Å². The van der Waals surface area contributed by atoms with Crippen LogP contribution in [-0.4, -0.2) is 22.2 Å². The lowest BCUT2D eigenvalue weighted by atomic mass is 9.85. The van der Waals surface area contributed by atoms with Gasteiger partial charge >= 0.3 is 0 Å². The second-order valence-electron chi connectivity index (χ2n) is 6.37. The normalized spacial score (nSPS) is 11.6. The third-order valence-corrected chi connectivity index (χ3v) is 4.41. The van der Waals surface area contributed by atoms with Crippen LogP contribution in [0.25, 0.3) is 6.08 Å².